The van der Waals surface area contributed by atoms with E-state index in [-0.39, 0.29) is 11.7 Å². The largest absolute Gasteiger partial charge is 0.314 e. The Morgan fingerprint density at radius 3 is 2.38 bits per heavy atom. The van der Waals surface area contributed by atoms with E-state index in [1.54, 1.807) is 30.3 Å². The highest BCUT2D eigenvalue weighted by Crippen LogP contribution is 2.28. The zero-order valence-electron chi connectivity index (χ0n) is 15.2. The number of carbonyl (C=O) groups is 1. The second-order valence-electron chi connectivity index (χ2n) is 6.45. The predicted octanol–water partition coefficient (Wildman–Crippen LogP) is 3.44. The van der Waals surface area contributed by atoms with Gasteiger partial charge in [-0.3, -0.25) is 10.2 Å². The van der Waals surface area contributed by atoms with E-state index in [9.17, 15) is 4.79 Å². The lowest BCUT2D eigenvalue weighted by atomic mass is 10.2. The van der Waals surface area contributed by atoms with Crippen LogP contribution in [0.1, 0.15) is 10.6 Å². The highest BCUT2D eigenvalue weighted by molar-refractivity contribution is 6.35. The number of hydrazine groups is 1. The van der Waals surface area contributed by atoms with E-state index < -0.39 is 0 Å². The maximum Gasteiger partial charge on any atom is 0.305 e. The van der Waals surface area contributed by atoms with Crippen molar-refractivity contribution in [1.29, 1.82) is 0 Å². The van der Waals surface area contributed by atoms with Crippen LogP contribution >= 0.6 is 34.8 Å². The van der Waals surface area contributed by atoms with Crippen molar-refractivity contribution >= 4 is 40.7 Å². The Labute approximate surface area is 182 Å². The fourth-order valence-electron chi connectivity index (χ4n) is 2.99. The highest BCUT2D eigenvalue weighted by Gasteiger charge is 2.22. The zero-order valence-corrected chi connectivity index (χ0v) is 17.5. The van der Waals surface area contributed by atoms with Crippen LogP contribution in [0.3, 0.4) is 0 Å². The molecule has 4 rings (SSSR count). The molecule has 0 bridgehead atoms. The van der Waals surface area contributed by atoms with Gasteiger partial charge in [-0.25, -0.2) is 14.7 Å². The second-order valence-corrected chi connectivity index (χ2v) is 7.73. The van der Waals surface area contributed by atoms with Crippen LogP contribution < -0.4 is 10.7 Å². The van der Waals surface area contributed by atoms with Crippen LogP contribution in [0.2, 0.25) is 15.1 Å². The van der Waals surface area contributed by atoms with Crippen LogP contribution in [0.25, 0.3) is 17.1 Å². The number of carbonyl (C=O) groups excluding carboxylic acids is 1. The molecule has 7 nitrogen and oxygen atoms in total. The summed E-state index contributed by atoms with van der Waals surface area (Å²) in [4.78, 5) is 17.2. The summed E-state index contributed by atoms with van der Waals surface area (Å²) in [5, 5.41) is 11.0. The molecule has 1 aliphatic rings. The van der Waals surface area contributed by atoms with Gasteiger partial charge >= 0.3 is 5.91 Å². The smallest absolute Gasteiger partial charge is 0.305 e. The number of hydrogen-bond acceptors (Lipinski definition) is 5. The summed E-state index contributed by atoms with van der Waals surface area (Å²) >= 11 is 18.4. The minimum Gasteiger partial charge on any atom is -0.314 e. The molecular weight excluding hydrogens is 435 g/mol. The number of halogens is 3. The van der Waals surface area contributed by atoms with E-state index in [1.807, 2.05) is 17.1 Å². The summed E-state index contributed by atoms with van der Waals surface area (Å²) in [6, 6.07) is 12.2. The van der Waals surface area contributed by atoms with E-state index in [2.05, 4.69) is 20.8 Å². The first-order valence-corrected chi connectivity index (χ1v) is 10.1. The van der Waals surface area contributed by atoms with Gasteiger partial charge in [-0.1, -0.05) is 34.8 Å². The molecule has 2 heterocycles. The van der Waals surface area contributed by atoms with Gasteiger partial charge < -0.3 is 5.32 Å². The van der Waals surface area contributed by atoms with Gasteiger partial charge in [0.05, 0.1) is 10.7 Å². The van der Waals surface area contributed by atoms with Gasteiger partial charge in [0.15, 0.2) is 5.82 Å². The quantitative estimate of drug-likeness (QED) is 0.635. The van der Waals surface area contributed by atoms with Gasteiger partial charge in [-0.05, 0) is 42.5 Å². The number of rotatable bonds is 4. The molecule has 150 valence electrons. The SMILES string of the molecule is O=C(NN1CCNCC1)c1nc(-c2ccc(Cl)cc2)n(-c2ccc(Cl)cc2Cl)n1. The van der Waals surface area contributed by atoms with E-state index >= 15 is 0 Å². The van der Waals surface area contributed by atoms with Crippen molar-refractivity contribution < 1.29 is 4.79 Å². The number of nitrogens with zero attached hydrogens (tertiary/aromatic N) is 4. The fourth-order valence-corrected chi connectivity index (χ4v) is 3.60. The third-order valence-corrected chi connectivity index (χ3v) is 5.22. The molecule has 1 amide bonds. The molecule has 1 saturated heterocycles. The lowest BCUT2D eigenvalue weighted by Crippen LogP contribution is -2.52. The minimum atomic E-state index is -0.383. The fraction of sp³-hybridized carbons (Fsp3) is 0.211. The first-order chi connectivity index (χ1) is 14.0. The maximum atomic E-state index is 12.7. The summed E-state index contributed by atoms with van der Waals surface area (Å²) in [5.41, 5.74) is 4.16. The van der Waals surface area contributed by atoms with E-state index in [0.29, 0.717) is 39.7 Å². The van der Waals surface area contributed by atoms with Crippen LogP contribution in [0.15, 0.2) is 42.5 Å². The molecule has 0 spiro atoms. The molecule has 0 aliphatic carbocycles. The van der Waals surface area contributed by atoms with Gasteiger partial charge in [0.25, 0.3) is 0 Å². The van der Waals surface area contributed by atoms with Gasteiger partial charge in [-0.15, -0.1) is 5.10 Å². The molecule has 2 aromatic carbocycles. The summed E-state index contributed by atoms with van der Waals surface area (Å²) in [6.45, 7) is 3.02. The Morgan fingerprint density at radius 1 is 1.00 bits per heavy atom. The number of piperazine rings is 1. The first kappa shape index (κ1) is 20.1. The molecular formula is C19H17Cl3N6O. The third kappa shape index (κ3) is 4.55. The first-order valence-electron chi connectivity index (χ1n) is 8.96. The zero-order chi connectivity index (χ0) is 20.4. The molecule has 2 N–H and O–H groups in total. The number of nitrogens with one attached hydrogen (secondary N) is 2. The average molecular weight is 452 g/mol. The third-order valence-electron chi connectivity index (χ3n) is 4.43. The van der Waals surface area contributed by atoms with Crippen LogP contribution in [0.4, 0.5) is 0 Å². The minimum absolute atomic E-state index is 0.0412. The van der Waals surface area contributed by atoms with Gasteiger partial charge in [0.1, 0.15) is 0 Å². The Kier molecular flexibility index (Phi) is 6.03. The molecule has 29 heavy (non-hydrogen) atoms. The molecule has 0 saturated carbocycles. The van der Waals surface area contributed by atoms with E-state index in [1.165, 1.54) is 4.68 Å². The predicted molar refractivity (Wildman–Crippen MR) is 114 cm³/mol. The lowest BCUT2D eigenvalue weighted by Gasteiger charge is -2.26. The summed E-state index contributed by atoms with van der Waals surface area (Å²) in [6.07, 6.45) is 0. The normalized spacial score (nSPS) is 14.7. The maximum absolute atomic E-state index is 12.7. The van der Waals surface area contributed by atoms with Crippen molar-refractivity contribution in [2.45, 2.75) is 0 Å². The second kappa shape index (κ2) is 8.69. The molecule has 0 unspecified atom stereocenters. The lowest BCUT2D eigenvalue weighted by molar-refractivity contribution is 0.0754. The Morgan fingerprint density at radius 2 is 1.69 bits per heavy atom. The van der Waals surface area contributed by atoms with Crippen molar-refractivity contribution in [2.75, 3.05) is 26.2 Å². The average Bonchev–Trinajstić information content (AvgIpc) is 3.14. The van der Waals surface area contributed by atoms with Gasteiger partial charge in [0.2, 0.25) is 5.82 Å². The van der Waals surface area contributed by atoms with Crippen LogP contribution in [-0.2, 0) is 0 Å². The van der Waals surface area contributed by atoms with Crippen molar-refractivity contribution in [1.82, 2.24) is 30.5 Å². The van der Waals surface area contributed by atoms with Crippen LogP contribution in [0.5, 0.6) is 0 Å². The van der Waals surface area contributed by atoms with Crippen molar-refractivity contribution in [2.24, 2.45) is 0 Å². The standard InChI is InChI=1S/C19H17Cl3N6O/c20-13-3-1-12(2-4-13)18-24-17(19(29)26-27-9-7-23-8-10-27)25-28(18)16-6-5-14(21)11-15(16)22/h1-6,11,23H,7-10H2,(H,26,29). The monoisotopic (exact) mass is 450 g/mol. The topological polar surface area (TPSA) is 75.1 Å². The molecule has 10 heteroatoms. The summed E-state index contributed by atoms with van der Waals surface area (Å²) in [5.74, 6) is 0.127. The van der Waals surface area contributed by atoms with Crippen molar-refractivity contribution in [3.63, 3.8) is 0 Å². The Bertz CT molecular complexity index is 1030. The summed E-state index contributed by atoms with van der Waals surface area (Å²) in [7, 11) is 0. The van der Waals surface area contributed by atoms with Crippen molar-refractivity contribution in [3.05, 3.63) is 63.4 Å². The molecule has 0 atom stereocenters. The molecule has 1 fully saturated rings. The molecule has 1 aromatic heterocycles. The van der Waals surface area contributed by atoms with Gasteiger partial charge in [-0.2, -0.15) is 0 Å². The summed E-state index contributed by atoms with van der Waals surface area (Å²) < 4.78 is 1.54. The number of hydrogen-bond donors (Lipinski definition) is 2. The highest BCUT2D eigenvalue weighted by atomic mass is 35.5. The van der Waals surface area contributed by atoms with Crippen molar-refractivity contribution in [3.8, 4) is 17.1 Å². The number of benzene rings is 2. The van der Waals surface area contributed by atoms with Crippen LogP contribution in [0, 0.1) is 0 Å². The number of aromatic nitrogens is 3. The molecule has 0 radical (unpaired) electrons. The Hall–Kier alpha value is -2.16. The van der Waals surface area contributed by atoms with E-state index in [4.69, 9.17) is 34.8 Å². The van der Waals surface area contributed by atoms with E-state index in [0.717, 1.165) is 18.7 Å². The van der Waals surface area contributed by atoms with Gasteiger partial charge in [0, 0.05) is 41.8 Å². The Balaban J connectivity index is 1.73. The van der Waals surface area contributed by atoms with Crippen LogP contribution in [-0.4, -0.2) is 51.9 Å². The number of amides is 1. The molecule has 1 aliphatic heterocycles. The molecule has 3 aromatic rings.